The van der Waals surface area contributed by atoms with Gasteiger partial charge >= 0.3 is 0 Å². The van der Waals surface area contributed by atoms with Crippen molar-refractivity contribution in [2.75, 3.05) is 0 Å². The molecular formula is C12H12BrN3O. The Kier molecular flexibility index (Phi) is 3.71. The van der Waals surface area contributed by atoms with Gasteiger partial charge in [-0.15, -0.1) is 0 Å². The lowest BCUT2D eigenvalue weighted by Gasteiger charge is -2.13. The first kappa shape index (κ1) is 12.0. The molecule has 0 saturated carbocycles. The zero-order chi connectivity index (χ0) is 12.3. The molecule has 0 bridgehead atoms. The van der Waals surface area contributed by atoms with Crippen LogP contribution >= 0.6 is 15.9 Å². The van der Waals surface area contributed by atoms with Crippen LogP contribution in [0, 0.1) is 0 Å². The zero-order valence-electron chi connectivity index (χ0n) is 9.08. The normalized spacial score (nSPS) is 12.4. The molecule has 0 aliphatic rings. The number of benzene rings is 1. The Morgan fingerprint density at radius 2 is 2.06 bits per heavy atom. The maximum atomic E-state index is 11.8. The van der Waals surface area contributed by atoms with E-state index < -0.39 is 0 Å². The zero-order valence-corrected chi connectivity index (χ0v) is 10.7. The predicted octanol–water partition coefficient (Wildman–Crippen LogP) is 1.71. The summed E-state index contributed by atoms with van der Waals surface area (Å²) in [5, 5.41) is 0. The van der Waals surface area contributed by atoms with Crippen LogP contribution in [0.4, 0.5) is 0 Å². The van der Waals surface area contributed by atoms with Gasteiger partial charge in [0.25, 0.3) is 5.56 Å². The average molecular weight is 294 g/mol. The van der Waals surface area contributed by atoms with E-state index in [1.807, 2.05) is 30.3 Å². The first-order chi connectivity index (χ1) is 8.18. The molecule has 1 heterocycles. The van der Waals surface area contributed by atoms with Gasteiger partial charge in [0, 0.05) is 18.8 Å². The number of rotatable bonds is 3. The second kappa shape index (κ2) is 5.25. The first-order valence-corrected chi connectivity index (χ1v) is 5.98. The molecule has 0 aliphatic carbocycles. The molecule has 0 saturated heterocycles. The molecular weight excluding hydrogens is 282 g/mol. The summed E-state index contributed by atoms with van der Waals surface area (Å²) in [7, 11) is 0. The molecule has 17 heavy (non-hydrogen) atoms. The summed E-state index contributed by atoms with van der Waals surface area (Å²) in [6, 6.07) is 9.46. The smallest absolute Gasteiger partial charge is 0.267 e. The molecule has 1 unspecified atom stereocenters. The molecule has 4 nitrogen and oxygen atoms in total. The van der Waals surface area contributed by atoms with Crippen molar-refractivity contribution >= 4 is 15.9 Å². The fourth-order valence-electron chi connectivity index (χ4n) is 1.57. The molecule has 1 aromatic carbocycles. The van der Waals surface area contributed by atoms with Gasteiger partial charge in [-0.2, -0.15) is 0 Å². The molecule has 0 fully saturated rings. The molecule has 5 heteroatoms. The Bertz CT molecular complexity index is 553. The van der Waals surface area contributed by atoms with Crippen molar-refractivity contribution in [2.45, 2.75) is 12.6 Å². The van der Waals surface area contributed by atoms with Crippen LogP contribution in [0.5, 0.6) is 0 Å². The van der Waals surface area contributed by atoms with Crippen molar-refractivity contribution in [1.82, 2.24) is 9.55 Å². The van der Waals surface area contributed by atoms with E-state index in [4.69, 9.17) is 5.73 Å². The van der Waals surface area contributed by atoms with Crippen molar-refractivity contribution in [1.29, 1.82) is 0 Å². The number of hydrogen-bond donors (Lipinski definition) is 1. The summed E-state index contributed by atoms with van der Waals surface area (Å²) in [4.78, 5) is 15.7. The van der Waals surface area contributed by atoms with E-state index in [1.54, 1.807) is 0 Å². The van der Waals surface area contributed by atoms with Gasteiger partial charge in [0.1, 0.15) is 4.47 Å². The lowest BCUT2D eigenvalue weighted by atomic mass is 10.1. The summed E-state index contributed by atoms with van der Waals surface area (Å²) in [6.45, 7) is 0.412. The monoisotopic (exact) mass is 293 g/mol. The van der Waals surface area contributed by atoms with Crippen LogP contribution in [0.3, 0.4) is 0 Å². The highest BCUT2D eigenvalue weighted by Gasteiger charge is 2.08. The van der Waals surface area contributed by atoms with Gasteiger partial charge in [0.2, 0.25) is 0 Å². The minimum absolute atomic E-state index is 0.119. The van der Waals surface area contributed by atoms with Gasteiger partial charge in [-0.05, 0) is 21.5 Å². The van der Waals surface area contributed by atoms with E-state index in [-0.39, 0.29) is 11.6 Å². The molecule has 0 aliphatic heterocycles. The molecule has 0 amide bonds. The number of hydrogen-bond acceptors (Lipinski definition) is 3. The number of halogens is 1. The van der Waals surface area contributed by atoms with Crippen LogP contribution in [0.15, 0.2) is 52.1 Å². The third-order valence-electron chi connectivity index (χ3n) is 2.48. The Hall–Kier alpha value is -1.46. The molecule has 2 N–H and O–H groups in total. The van der Waals surface area contributed by atoms with Crippen molar-refractivity contribution in [3.8, 4) is 0 Å². The highest BCUT2D eigenvalue weighted by molar-refractivity contribution is 9.10. The summed E-state index contributed by atoms with van der Waals surface area (Å²) >= 11 is 3.16. The molecule has 0 radical (unpaired) electrons. The van der Waals surface area contributed by atoms with E-state index in [0.29, 0.717) is 11.0 Å². The summed E-state index contributed by atoms with van der Waals surface area (Å²) in [5.74, 6) is 0. The van der Waals surface area contributed by atoms with E-state index in [1.165, 1.54) is 17.1 Å². The van der Waals surface area contributed by atoms with Gasteiger partial charge in [-0.1, -0.05) is 30.3 Å². The maximum Gasteiger partial charge on any atom is 0.267 e. The molecule has 88 valence electrons. The fourth-order valence-corrected chi connectivity index (χ4v) is 1.92. The average Bonchev–Trinajstić information content (AvgIpc) is 2.36. The van der Waals surface area contributed by atoms with Crippen LogP contribution < -0.4 is 11.3 Å². The van der Waals surface area contributed by atoms with Crippen LogP contribution in [0.2, 0.25) is 0 Å². The summed E-state index contributed by atoms with van der Waals surface area (Å²) in [6.07, 6.45) is 2.97. The Morgan fingerprint density at radius 3 is 2.76 bits per heavy atom. The minimum Gasteiger partial charge on any atom is -0.322 e. The standard InChI is InChI=1S/C12H12BrN3O/c13-10-6-15-8-16(12(10)17)7-11(14)9-4-2-1-3-5-9/h1-6,8,11H,7,14H2. The van der Waals surface area contributed by atoms with E-state index in [2.05, 4.69) is 20.9 Å². The second-order valence-corrected chi connectivity index (χ2v) is 4.57. The fraction of sp³-hybridized carbons (Fsp3) is 0.167. The van der Waals surface area contributed by atoms with Crippen LogP contribution in [0.25, 0.3) is 0 Å². The number of aromatic nitrogens is 2. The van der Waals surface area contributed by atoms with Crippen LogP contribution in [-0.4, -0.2) is 9.55 Å². The topological polar surface area (TPSA) is 60.9 Å². The van der Waals surface area contributed by atoms with Gasteiger partial charge < -0.3 is 5.73 Å². The Balaban J connectivity index is 2.22. The van der Waals surface area contributed by atoms with E-state index >= 15 is 0 Å². The van der Waals surface area contributed by atoms with Crippen LogP contribution in [0.1, 0.15) is 11.6 Å². The van der Waals surface area contributed by atoms with Gasteiger partial charge in [0.05, 0.1) is 6.33 Å². The molecule has 1 atom stereocenters. The van der Waals surface area contributed by atoms with Crippen molar-refractivity contribution < 1.29 is 0 Å². The molecule has 2 aromatic rings. The third kappa shape index (κ3) is 2.81. The van der Waals surface area contributed by atoms with E-state index in [0.717, 1.165) is 5.56 Å². The van der Waals surface area contributed by atoms with Gasteiger partial charge in [0.15, 0.2) is 0 Å². The Morgan fingerprint density at radius 1 is 1.35 bits per heavy atom. The minimum atomic E-state index is -0.218. The van der Waals surface area contributed by atoms with Crippen molar-refractivity contribution in [3.05, 3.63) is 63.2 Å². The lowest BCUT2D eigenvalue weighted by Crippen LogP contribution is -2.27. The molecule has 2 rings (SSSR count). The van der Waals surface area contributed by atoms with Gasteiger partial charge in [-0.3, -0.25) is 9.36 Å². The summed E-state index contributed by atoms with van der Waals surface area (Å²) in [5.41, 5.74) is 6.92. The largest absolute Gasteiger partial charge is 0.322 e. The van der Waals surface area contributed by atoms with Crippen molar-refractivity contribution in [3.63, 3.8) is 0 Å². The first-order valence-electron chi connectivity index (χ1n) is 5.19. The molecule has 1 aromatic heterocycles. The SMILES string of the molecule is NC(Cn1cncc(Br)c1=O)c1ccccc1. The predicted molar refractivity (Wildman–Crippen MR) is 69.6 cm³/mol. The second-order valence-electron chi connectivity index (χ2n) is 3.72. The Labute approximate surface area is 107 Å². The van der Waals surface area contributed by atoms with Gasteiger partial charge in [-0.25, -0.2) is 4.98 Å². The quantitative estimate of drug-likeness (QED) is 0.937. The number of nitrogens with zero attached hydrogens (tertiary/aromatic N) is 2. The summed E-state index contributed by atoms with van der Waals surface area (Å²) < 4.78 is 1.95. The highest BCUT2D eigenvalue weighted by Crippen LogP contribution is 2.11. The van der Waals surface area contributed by atoms with Crippen LogP contribution in [-0.2, 0) is 6.54 Å². The third-order valence-corrected chi connectivity index (χ3v) is 3.02. The lowest BCUT2D eigenvalue weighted by molar-refractivity contribution is 0.552. The van der Waals surface area contributed by atoms with Crippen molar-refractivity contribution in [2.24, 2.45) is 5.73 Å². The number of nitrogens with two attached hydrogens (primary N) is 1. The highest BCUT2D eigenvalue weighted by atomic mass is 79.9. The maximum absolute atomic E-state index is 11.8. The van der Waals surface area contributed by atoms with E-state index in [9.17, 15) is 4.79 Å². The molecule has 0 spiro atoms.